The van der Waals surface area contributed by atoms with Crippen LogP contribution >= 0.6 is 0 Å². The zero-order chi connectivity index (χ0) is 18.7. The van der Waals surface area contributed by atoms with Crippen molar-refractivity contribution in [3.63, 3.8) is 0 Å². The summed E-state index contributed by atoms with van der Waals surface area (Å²) in [6.45, 7) is 4.68. The molecular formula is C19H20N4O3. The number of carbonyl (C=O) groups excluding carboxylic acids is 1. The Morgan fingerprint density at radius 3 is 2.65 bits per heavy atom. The van der Waals surface area contributed by atoms with Crippen LogP contribution in [0.4, 0.5) is 5.69 Å². The van der Waals surface area contributed by atoms with Crippen molar-refractivity contribution >= 4 is 22.5 Å². The van der Waals surface area contributed by atoms with Crippen molar-refractivity contribution in [2.75, 3.05) is 6.54 Å². The average Bonchev–Trinajstić information content (AvgIpc) is 3.03. The quantitative estimate of drug-likeness (QED) is 0.403. The minimum absolute atomic E-state index is 0.0667. The maximum absolute atomic E-state index is 12.4. The molecule has 2 N–H and O–H groups in total. The second-order valence-electron chi connectivity index (χ2n) is 6.29. The van der Waals surface area contributed by atoms with Crippen molar-refractivity contribution in [3.8, 4) is 0 Å². The van der Waals surface area contributed by atoms with Crippen molar-refractivity contribution in [1.82, 2.24) is 15.5 Å². The van der Waals surface area contributed by atoms with Gasteiger partial charge in [-0.15, -0.1) is 0 Å². The molecular weight excluding hydrogens is 332 g/mol. The van der Waals surface area contributed by atoms with E-state index in [1.54, 1.807) is 6.07 Å². The number of nitro benzene ring substituents is 1. The Hall–Kier alpha value is -3.22. The summed E-state index contributed by atoms with van der Waals surface area (Å²) < 4.78 is 0. The first-order valence-electron chi connectivity index (χ1n) is 8.43. The highest BCUT2D eigenvalue weighted by atomic mass is 16.6. The van der Waals surface area contributed by atoms with Crippen LogP contribution in [-0.2, 0) is 6.42 Å². The largest absolute Gasteiger partial charge is 0.351 e. The number of hydrogen-bond donors (Lipinski definition) is 2. The predicted molar refractivity (Wildman–Crippen MR) is 99.3 cm³/mol. The molecule has 1 aromatic heterocycles. The summed E-state index contributed by atoms with van der Waals surface area (Å²) in [7, 11) is 0. The number of nitrogens with zero attached hydrogens (tertiary/aromatic N) is 2. The van der Waals surface area contributed by atoms with Gasteiger partial charge in [-0.2, -0.15) is 5.10 Å². The van der Waals surface area contributed by atoms with E-state index in [9.17, 15) is 14.9 Å². The van der Waals surface area contributed by atoms with Gasteiger partial charge < -0.3 is 5.32 Å². The number of aromatic amines is 1. The van der Waals surface area contributed by atoms with Gasteiger partial charge >= 0.3 is 0 Å². The molecule has 0 radical (unpaired) electrons. The monoisotopic (exact) mass is 352 g/mol. The number of rotatable bonds is 6. The van der Waals surface area contributed by atoms with Crippen molar-refractivity contribution in [2.45, 2.75) is 26.7 Å². The lowest BCUT2D eigenvalue weighted by Crippen LogP contribution is -2.25. The molecule has 26 heavy (non-hydrogen) atoms. The van der Waals surface area contributed by atoms with E-state index in [4.69, 9.17) is 0 Å². The third kappa shape index (κ3) is 3.56. The van der Waals surface area contributed by atoms with Gasteiger partial charge in [0.1, 0.15) is 0 Å². The van der Waals surface area contributed by atoms with E-state index in [1.807, 2.05) is 6.07 Å². The minimum Gasteiger partial charge on any atom is -0.351 e. The molecule has 134 valence electrons. The second-order valence-corrected chi connectivity index (χ2v) is 6.29. The zero-order valence-electron chi connectivity index (χ0n) is 14.7. The summed E-state index contributed by atoms with van der Waals surface area (Å²) in [6.07, 6.45) is 1.69. The fraction of sp³-hybridized carbons (Fsp3) is 0.263. The third-order valence-electron chi connectivity index (χ3n) is 4.51. The highest BCUT2D eigenvalue weighted by Crippen LogP contribution is 2.22. The van der Waals surface area contributed by atoms with Gasteiger partial charge in [0.05, 0.1) is 10.4 Å². The number of nitro groups is 1. The summed E-state index contributed by atoms with van der Waals surface area (Å²) in [5.74, 6) is -0.335. The fourth-order valence-electron chi connectivity index (χ4n) is 3.08. The number of non-ortho nitro benzene ring substituents is 1. The van der Waals surface area contributed by atoms with E-state index in [0.29, 0.717) is 17.4 Å². The zero-order valence-corrected chi connectivity index (χ0v) is 14.7. The molecule has 0 fully saturated rings. The van der Waals surface area contributed by atoms with E-state index < -0.39 is 4.92 Å². The van der Waals surface area contributed by atoms with Gasteiger partial charge in [0.2, 0.25) is 0 Å². The standard InChI is InChI=1S/C19H20N4O3/c1-12-5-3-6-13(2)15(12)7-4-10-20-19(24)18-16-11-14(23(25)26)8-9-17(16)21-22-18/h3,5-6,8-9,11H,4,7,10H2,1-2H3,(H,20,24)(H,21,22). The molecule has 0 aliphatic heterocycles. The van der Waals surface area contributed by atoms with Crippen molar-refractivity contribution < 1.29 is 9.72 Å². The average molecular weight is 352 g/mol. The normalized spacial score (nSPS) is 10.8. The van der Waals surface area contributed by atoms with Crippen LogP contribution in [0.15, 0.2) is 36.4 Å². The van der Waals surface area contributed by atoms with E-state index in [-0.39, 0.29) is 17.3 Å². The Balaban J connectivity index is 1.64. The van der Waals surface area contributed by atoms with Gasteiger partial charge in [-0.3, -0.25) is 20.0 Å². The molecule has 7 heteroatoms. The van der Waals surface area contributed by atoms with Crippen molar-refractivity contribution in [1.29, 1.82) is 0 Å². The van der Waals surface area contributed by atoms with E-state index in [0.717, 1.165) is 12.8 Å². The van der Waals surface area contributed by atoms with E-state index in [2.05, 4.69) is 41.5 Å². The highest BCUT2D eigenvalue weighted by molar-refractivity contribution is 6.05. The van der Waals surface area contributed by atoms with Crippen LogP contribution in [0.25, 0.3) is 10.9 Å². The van der Waals surface area contributed by atoms with Crippen LogP contribution in [0, 0.1) is 24.0 Å². The minimum atomic E-state index is -0.487. The molecule has 1 amide bonds. The molecule has 7 nitrogen and oxygen atoms in total. The Bertz CT molecular complexity index is 958. The molecule has 1 heterocycles. The number of aromatic nitrogens is 2. The smallest absolute Gasteiger partial charge is 0.272 e. The summed E-state index contributed by atoms with van der Waals surface area (Å²) >= 11 is 0. The number of benzene rings is 2. The molecule has 0 bridgehead atoms. The second kappa shape index (κ2) is 7.35. The molecule has 0 atom stereocenters. The lowest BCUT2D eigenvalue weighted by molar-refractivity contribution is -0.384. The number of aryl methyl sites for hydroxylation is 2. The predicted octanol–water partition coefficient (Wildman–Crippen LogP) is 3.45. The lowest BCUT2D eigenvalue weighted by Gasteiger charge is -2.09. The van der Waals surface area contributed by atoms with Gasteiger partial charge in [0, 0.05) is 24.1 Å². The summed E-state index contributed by atoms with van der Waals surface area (Å²) in [5.41, 5.74) is 4.52. The van der Waals surface area contributed by atoms with Gasteiger partial charge in [0.15, 0.2) is 5.69 Å². The summed E-state index contributed by atoms with van der Waals surface area (Å²) in [4.78, 5) is 22.8. The lowest BCUT2D eigenvalue weighted by atomic mass is 9.99. The van der Waals surface area contributed by atoms with Gasteiger partial charge in [0.25, 0.3) is 11.6 Å². The molecule has 2 aromatic carbocycles. The molecule has 0 aliphatic rings. The maximum atomic E-state index is 12.4. The molecule has 0 unspecified atom stereocenters. The number of amides is 1. The van der Waals surface area contributed by atoms with Crippen LogP contribution < -0.4 is 5.32 Å². The highest BCUT2D eigenvalue weighted by Gasteiger charge is 2.17. The number of hydrogen-bond acceptors (Lipinski definition) is 4. The van der Waals surface area contributed by atoms with Crippen LogP contribution in [-0.4, -0.2) is 27.6 Å². The molecule has 3 rings (SSSR count). The number of H-pyrrole nitrogens is 1. The molecule has 0 spiro atoms. The van der Waals surface area contributed by atoms with Gasteiger partial charge in [-0.25, -0.2) is 0 Å². The Morgan fingerprint density at radius 1 is 1.23 bits per heavy atom. The van der Waals surface area contributed by atoms with Gasteiger partial charge in [-0.1, -0.05) is 18.2 Å². The summed E-state index contributed by atoms with van der Waals surface area (Å²) in [6, 6.07) is 10.5. The first-order chi connectivity index (χ1) is 12.5. The number of fused-ring (bicyclic) bond motifs is 1. The first-order valence-corrected chi connectivity index (χ1v) is 8.43. The van der Waals surface area contributed by atoms with Crippen molar-refractivity contribution in [3.05, 3.63) is 68.9 Å². The fourth-order valence-corrected chi connectivity index (χ4v) is 3.08. The van der Waals surface area contributed by atoms with E-state index in [1.165, 1.54) is 28.8 Å². The van der Waals surface area contributed by atoms with Crippen LogP contribution in [0.3, 0.4) is 0 Å². The van der Waals surface area contributed by atoms with E-state index >= 15 is 0 Å². The molecule has 3 aromatic rings. The third-order valence-corrected chi connectivity index (χ3v) is 4.51. The SMILES string of the molecule is Cc1cccc(C)c1CCCNC(=O)c1n[nH]c2ccc([N+](=O)[O-])cc12. The number of nitrogens with one attached hydrogen (secondary N) is 2. The Labute approximate surface area is 150 Å². The van der Waals surface area contributed by atoms with Crippen LogP contribution in [0.5, 0.6) is 0 Å². The van der Waals surface area contributed by atoms with Crippen LogP contribution in [0.2, 0.25) is 0 Å². The Kier molecular flexibility index (Phi) is 4.97. The molecule has 0 saturated carbocycles. The molecule has 0 saturated heterocycles. The Morgan fingerprint density at radius 2 is 1.96 bits per heavy atom. The maximum Gasteiger partial charge on any atom is 0.272 e. The van der Waals surface area contributed by atoms with Gasteiger partial charge in [-0.05, 0) is 49.4 Å². The topological polar surface area (TPSA) is 101 Å². The van der Waals surface area contributed by atoms with Crippen LogP contribution in [0.1, 0.15) is 33.6 Å². The summed E-state index contributed by atoms with van der Waals surface area (Å²) in [5, 5.41) is 21.0. The number of carbonyl (C=O) groups is 1. The van der Waals surface area contributed by atoms with Crippen molar-refractivity contribution in [2.24, 2.45) is 0 Å². The molecule has 0 aliphatic carbocycles. The first kappa shape index (κ1) is 17.6.